The third-order valence-corrected chi connectivity index (χ3v) is 8.40. The fourth-order valence-electron chi connectivity index (χ4n) is 4.45. The molecule has 6 aromatic rings. The number of alkyl halides is 1. The zero-order valence-electron chi connectivity index (χ0n) is 15.9. The molecule has 0 atom stereocenters. The molecule has 0 amide bonds. The summed E-state index contributed by atoms with van der Waals surface area (Å²) >= 11 is -0.164. The van der Waals surface area contributed by atoms with Crippen LogP contribution in [0.15, 0.2) is 97.1 Å². The minimum absolute atomic E-state index is 0.164. The Kier molecular flexibility index (Phi) is 4.08. The molecule has 142 valence electrons. The van der Waals surface area contributed by atoms with Gasteiger partial charge in [-0.2, -0.15) is 0 Å². The summed E-state index contributed by atoms with van der Waals surface area (Å²) in [5.74, 6) is 0. The number of nitrogens with zero attached hydrogens (tertiary/aromatic N) is 2. The first kappa shape index (κ1) is 17.1. The van der Waals surface area contributed by atoms with Gasteiger partial charge in [0.2, 0.25) is 0 Å². The van der Waals surface area contributed by atoms with Crippen LogP contribution < -0.4 is 21.5 Å². The summed E-state index contributed by atoms with van der Waals surface area (Å²) < 4.78 is 6.31. The molecule has 2 heterocycles. The van der Waals surface area contributed by atoms with Crippen LogP contribution >= 0.6 is 0 Å². The van der Waals surface area contributed by atoms with E-state index in [-0.39, 0.29) is 21.5 Å². The number of aromatic nitrogens is 2. The number of benzene rings is 4. The van der Waals surface area contributed by atoms with Crippen molar-refractivity contribution >= 4 is 43.6 Å². The minimum atomic E-state index is -0.164. The number of hydrogen-bond donors (Lipinski definition) is 0. The van der Waals surface area contributed by atoms with Crippen molar-refractivity contribution in [2.24, 2.45) is 0 Å². The van der Waals surface area contributed by atoms with Crippen LogP contribution in [0.2, 0.25) is 0 Å². The van der Waals surface area contributed by atoms with Crippen molar-refractivity contribution in [3.05, 3.63) is 97.1 Å². The summed E-state index contributed by atoms with van der Waals surface area (Å²) in [7, 11) is 0. The van der Waals surface area contributed by atoms with Crippen molar-refractivity contribution in [1.29, 1.82) is 0 Å². The Labute approximate surface area is 180 Å². The van der Waals surface area contributed by atoms with Gasteiger partial charge >= 0.3 is 180 Å². The normalized spacial score (nSPS) is 12.0. The van der Waals surface area contributed by atoms with Crippen LogP contribution in [0.5, 0.6) is 0 Å². The van der Waals surface area contributed by atoms with E-state index >= 15 is 0 Å². The number of rotatable bonds is 4. The summed E-state index contributed by atoms with van der Waals surface area (Å²) in [4.78, 5) is 0. The second-order valence-corrected chi connectivity index (χ2v) is 10.0. The molecule has 0 aliphatic carbocycles. The third-order valence-electron chi connectivity index (χ3n) is 5.71. The predicted octanol–water partition coefficient (Wildman–Crippen LogP) is 3.45. The van der Waals surface area contributed by atoms with E-state index in [2.05, 4.69) is 104 Å². The number of fused-ring (bicyclic) bond motifs is 6. The second kappa shape index (κ2) is 6.92. The summed E-state index contributed by atoms with van der Waals surface area (Å²) in [6.45, 7) is 1.06. The molecule has 6 rings (SSSR count). The van der Waals surface area contributed by atoms with Crippen LogP contribution in [-0.4, -0.2) is 11.8 Å². The van der Waals surface area contributed by atoms with Gasteiger partial charge in [-0.05, 0) is 0 Å². The molecule has 0 aliphatic heterocycles. The molecule has 3 heteroatoms. The Morgan fingerprint density at radius 3 is 1.34 bits per heavy atom. The molecule has 29 heavy (non-hydrogen) atoms. The fourth-order valence-corrected chi connectivity index (χ4v) is 7.21. The maximum atomic E-state index is 2.59. The van der Waals surface area contributed by atoms with Gasteiger partial charge in [0, 0.05) is 0 Å². The SMILES string of the molecule is c1ccc2c(c1)c1ccccc1n2CC[I-]n1c2ccccc2c2ccccc21. The van der Waals surface area contributed by atoms with Crippen LogP contribution in [0.4, 0.5) is 0 Å². The van der Waals surface area contributed by atoms with E-state index in [1.807, 2.05) is 0 Å². The molecule has 0 aliphatic rings. The van der Waals surface area contributed by atoms with Crippen molar-refractivity contribution < 1.29 is 21.5 Å². The van der Waals surface area contributed by atoms with E-state index in [1.165, 1.54) is 48.0 Å². The Balaban J connectivity index is 1.40. The van der Waals surface area contributed by atoms with Gasteiger partial charge in [0.15, 0.2) is 0 Å². The average Bonchev–Trinajstić information content (AvgIpc) is 3.28. The van der Waals surface area contributed by atoms with E-state index in [9.17, 15) is 0 Å². The van der Waals surface area contributed by atoms with Gasteiger partial charge in [-0.3, -0.25) is 0 Å². The van der Waals surface area contributed by atoms with Crippen LogP contribution in [0.3, 0.4) is 0 Å². The molecule has 0 spiro atoms. The molecule has 0 N–H and O–H groups in total. The van der Waals surface area contributed by atoms with Gasteiger partial charge in [0.25, 0.3) is 0 Å². The van der Waals surface area contributed by atoms with Crippen molar-refractivity contribution in [2.45, 2.75) is 6.54 Å². The molecule has 0 radical (unpaired) electrons. The quantitative estimate of drug-likeness (QED) is 0.267. The van der Waals surface area contributed by atoms with E-state index in [1.54, 1.807) is 0 Å². The maximum absolute atomic E-state index is 2.59. The van der Waals surface area contributed by atoms with E-state index in [0.717, 1.165) is 6.54 Å². The van der Waals surface area contributed by atoms with E-state index in [0.29, 0.717) is 0 Å². The average molecular weight is 487 g/mol. The fraction of sp³-hybridized carbons (Fsp3) is 0.0769. The summed E-state index contributed by atoms with van der Waals surface area (Å²) in [6, 6.07) is 35.3. The van der Waals surface area contributed by atoms with Crippen molar-refractivity contribution in [2.75, 3.05) is 4.43 Å². The summed E-state index contributed by atoms with van der Waals surface area (Å²) in [5.41, 5.74) is 5.45. The van der Waals surface area contributed by atoms with Gasteiger partial charge in [0.1, 0.15) is 0 Å². The zero-order valence-corrected chi connectivity index (χ0v) is 18.1. The number of halogens is 1. The Morgan fingerprint density at radius 1 is 0.483 bits per heavy atom. The van der Waals surface area contributed by atoms with Crippen LogP contribution in [0.1, 0.15) is 0 Å². The molecule has 0 bridgehead atoms. The Hall–Kier alpha value is -2.79. The van der Waals surface area contributed by atoms with E-state index < -0.39 is 0 Å². The van der Waals surface area contributed by atoms with Crippen LogP contribution in [0, 0.1) is 0 Å². The first-order chi connectivity index (χ1) is 14.4. The molecular weight excluding hydrogens is 467 g/mol. The van der Waals surface area contributed by atoms with Gasteiger partial charge in [-0.15, -0.1) is 0 Å². The topological polar surface area (TPSA) is 9.86 Å². The zero-order chi connectivity index (χ0) is 19.2. The van der Waals surface area contributed by atoms with Gasteiger partial charge < -0.3 is 0 Å². The molecule has 0 fully saturated rings. The molecule has 0 unspecified atom stereocenters. The van der Waals surface area contributed by atoms with Crippen LogP contribution in [0.25, 0.3) is 43.6 Å². The number of para-hydroxylation sites is 4. The standard InChI is InChI=1S/C26H20IN2/c1-5-13-23-19(9-1)20-10-2-6-14-24(20)28(23)18-17-27-29-25-15-7-3-11-21(25)22-12-4-8-16-26(22)29/h1-16H,17-18H2/q-1. The first-order valence-corrected chi connectivity index (χ1v) is 12.4. The predicted molar refractivity (Wildman–Crippen MR) is 119 cm³/mol. The third kappa shape index (κ3) is 2.68. The molecule has 0 saturated heterocycles. The first-order valence-electron chi connectivity index (χ1n) is 9.96. The number of aryl methyl sites for hydroxylation is 1. The summed E-state index contributed by atoms with van der Waals surface area (Å²) in [6.07, 6.45) is 0. The molecule has 2 aromatic heterocycles. The van der Waals surface area contributed by atoms with E-state index in [4.69, 9.17) is 0 Å². The Bertz CT molecular complexity index is 1270. The van der Waals surface area contributed by atoms with Gasteiger partial charge in [-0.1, -0.05) is 0 Å². The molecule has 4 aromatic carbocycles. The van der Waals surface area contributed by atoms with Crippen molar-refractivity contribution in [3.8, 4) is 0 Å². The van der Waals surface area contributed by atoms with Crippen molar-refractivity contribution in [1.82, 2.24) is 7.35 Å². The Morgan fingerprint density at radius 2 is 0.862 bits per heavy atom. The molecular formula is C26H20IN2-. The van der Waals surface area contributed by atoms with Crippen LogP contribution in [-0.2, 0) is 6.54 Å². The van der Waals surface area contributed by atoms with Crippen molar-refractivity contribution in [3.63, 3.8) is 0 Å². The van der Waals surface area contributed by atoms with Gasteiger partial charge in [0.05, 0.1) is 0 Å². The summed E-state index contributed by atoms with van der Waals surface area (Å²) in [5, 5.41) is 5.47. The van der Waals surface area contributed by atoms with Gasteiger partial charge in [-0.25, -0.2) is 0 Å². The molecule has 2 nitrogen and oxygen atoms in total. The molecule has 0 saturated carbocycles. The second-order valence-electron chi connectivity index (χ2n) is 7.31. The monoisotopic (exact) mass is 487 g/mol. The number of hydrogen-bond acceptors (Lipinski definition) is 0.